The van der Waals surface area contributed by atoms with Gasteiger partial charge in [0.25, 0.3) is 5.91 Å². The summed E-state index contributed by atoms with van der Waals surface area (Å²) in [6, 6.07) is 10.1. The Morgan fingerprint density at radius 3 is 2.63 bits per heavy atom. The quantitative estimate of drug-likeness (QED) is 0.639. The number of hydrogen-bond donors (Lipinski definition) is 1. The van der Waals surface area contributed by atoms with E-state index in [1.807, 2.05) is 32.3 Å². The van der Waals surface area contributed by atoms with Crippen LogP contribution in [0.5, 0.6) is 0 Å². The number of anilines is 1. The SMILES string of the molecule is CN(C)c1ncc(C(=O)NCCCc2ccccc2)c(C2CCN(S(C)(=O)=O)C2)n1. The molecule has 1 atom stereocenters. The summed E-state index contributed by atoms with van der Waals surface area (Å²) in [4.78, 5) is 23.5. The fourth-order valence-electron chi connectivity index (χ4n) is 3.57. The molecule has 162 valence electrons. The van der Waals surface area contributed by atoms with Gasteiger partial charge in [-0.2, -0.15) is 0 Å². The van der Waals surface area contributed by atoms with Gasteiger partial charge in [-0.3, -0.25) is 4.79 Å². The minimum atomic E-state index is -3.27. The predicted molar refractivity (Wildman–Crippen MR) is 117 cm³/mol. The van der Waals surface area contributed by atoms with Crippen LogP contribution in [0.1, 0.15) is 40.4 Å². The number of benzene rings is 1. The number of carbonyl (C=O) groups is 1. The molecule has 1 unspecified atom stereocenters. The molecule has 9 heteroatoms. The van der Waals surface area contributed by atoms with Gasteiger partial charge in [0.2, 0.25) is 16.0 Å². The first-order valence-corrected chi connectivity index (χ1v) is 11.9. The topological polar surface area (TPSA) is 95.5 Å². The van der Waals surface area contributed by atoms with Crippen LogP contribution in [0, 0.1) is 0 Å². The minimum absolute atomic E-state index is 0.133. The van der Waals surface area contributed by atoms with E-state index in [4.69, 9.17) is 0 Å². The van der Waals surface area contributed by atoms with Crippen molar-refractivity contribution >= 4 is 21.9 Å². The first-order chi connectivity index (χ1) is 14.3. The Hall–Kier alpha value is -2.52. The van der Waals surface area contributed by atoms with Crippen LogP contribution >= 0.6 is 0 Å². The fraction of sp³-hybridized carbons (Fsp3) is 0.476. The maximum Gasteiger partial charge on any atom is 0.254 e. The molecule has 1 aromatic heterocycles. The van der Waals surface area contributed by atoms with Gasteiger partial charge in [0.1, 0.15) is 0 Å². The third-order valence-electron chi connectivity index (χ3n) is 5.23. The molecule has 8 nitrogen and oxygen atoms in total. The summed E-state index contributed by atoms with van der Waals surface area (Å²) in [7, 11) is 0.398. The van der Waals surface area contributed by atoms with Gasteiger partial charge in [-0.05, 0) is 24.8 Å². The number of aromatic nitrogens is 2. The van der Waals surface area contributed by atoms with E-state index in [0.717, 1.165) is 12.8 Å². The van der Waals surface area contributed by atoms with Crippen LogP contribution in [0.3, 0.4) is 0 Å². The lowest BCUT2D eigenvalue weighted by molar-refractivity contribution is 0.0951. The highest BCUT2D eigenvalue weighted by Crippen LogP contribution is 2.30. The summed E-state index contributed by atoms with van der Waals surface area (Å²) in [5.41, 5.74) is 2.26. The van der Waals surface area contributed by atoms with Crippen molar-refractivity contribution < 1.29 is 13.2 Å². The number of nitrogens with zero attached hydrogens (tertiary/aromatic N) is 4. The van der Waals surface area contributed by atoms with Crippen LogP contribution in [0.15, 0.2) is 36.5 Å². The van der Waals surface area contributed by atoms with E-state index in [1.54, 1.807) is 11.1 Å². The normalized spacial score (nSPS) is 17.1. The number of sulfonamides is 1. The molecule has 1 aliphatic heterocycles. The monoisotopic (exact) mass is 431 g/mol. The molecule has 1 aromatic carbocycles. The summed E-state index contributed by atoms with van der Waals surface area (Å²) in [5.74, 6) is 0.149. The minimum Gasteiger partial charge on any atom is -0.352 e. The molecule has 3 rings (SSSR count). The number of amides is 1. The number of hydrogen-bond acceptors (Lipinski definition) is 6. The van der Waals surface area contributed by atoms with Gasteiger partial charge in [0.15, 0.2) is 0 Å². The van der Waals surface area contributed by atoms with Gasteiger partial charge in [-0.1, -0.05) is 30.3 Å². The lowest BCUT2D eigenvalue weighted by Gasteiger charge is -2.18. The van der Waals surface area contributed by atoms with Crippen LogP contribution < -0.4 is 10.2 Å². The number of aryl methyl sites for hydroxylation is 1. The van der Waals surface area contributed by atoms with Crippen LogP contribution in [-0.2, 0) is 16.4 Å². The zero-order valence-electron chi connectivity index (χ0n) is 17.7. The lowest BCUT2D eigenvalue weighted by atomic mass is 10.00. The van der Waals surface area contributed by atoms with Gasteiger partial charge in [-0.25, -0.2) is 22.7 Å². The summed E-state index contributed by atoms with van der Waals surface area (Å²) in [5, 5.41) is 2.96. The van der Waals surface area contributed by atoms with E-state index in [0.29, 0.717) is 43.3 Å². The van der Waals surface area contributed by atoms with Crippen molar-refractivity contribution in [2.45, 2.75) is 25.2 Å². The van der Waals surface area contributed by atoms with Crippen LogP contribution in [-0.4, -0.2) is 68.6 Å². The van der Waals surface area contributed by atoms with E-state index < -0.39 is 10.0 Å². The summed E-state index contributed by atoms with van der Waals surface area (Å²) < 4.78 is 25.2. The van der Waals surface area contributed by atoms with Crippen molar-refractivity contribution in [3.8, 4) is 0 Å². The van der Waals surface area contributed by atoms with Crippen LogP contribution in [0.4, 0.5) is 5.95 Å². The van der Waals surface area contributed by atoms with Crippen molar-refractivity contribution in [1.29, 1.82) is 0 Å². The molecule has 1 saturated heterocycles. The standard InChI is InChI=1S/C21H29N5O3S/c1-25(2)21-23-14-18(19(24-21)17-11-13-26(15-17)30(3,28)29)20(27)22-12-7-10-16-8-5-4-6-9-16/h4-6,8-9,14,17H,7,10-13,15H2,1-3H3,(H,22,27). The van der Waals surface area contributed by atoms with Gasteiger partial charge in [0.05, 0.1) is 17.5 Å². The molecular formula is C21H29N5O3S. The molecule has 0 aliphatic carbocycles. The highest BCUT2D eigenvalue weighted by molar-refractivity contribution is 7.88. The Bertz CT molecular complexity index is 979. The largest absolute Gasteiger partial charge is 0.352 e. The molecule has 0 spiro atoms. The van der Waals surface area contributed by atoms with E-state index in [-0.39, 0.29) is 11.8 Å². The maximum atomic E-state index is 12.9. The van der Waals surface area contributed by atoms with Gasteiger partial charge in [0, 0.05) is 45.8 Å². The Morgan fingerprint density at radius 2 is 2.00 bits per heavy atom. The van der Waals surface area contributed by atoms with Crippen molar-refractivity contribution in [3.05, 3.63) is 53.3 Å². The van der Waals surface area contributed by atoms with Crippen molar-refractivity contribution in [2.24, 2.45) is 0 Å². The zero-order valence-corrected chi connectivity index (χ0v) is 18.5. The second-order valence-electron chi connectivity index (χ2n) is 7.82. The lowest BCUT2D eigenvalue weighted by Crippen LogP contribution is -2.29. The van der Waals surface area contributed by atoms with E-state index in [9.17, 15) is 13.2 Å². The second-order valence-corrected chi connectivity index (χ2v) is 9.80. The molecule has 2 heterocycles. The van der Waals surface area contributed by atoms with E-state index >= 15 is 0 Å². The highest BCUT2D eigenvalue weighted by Gasteiger charge is 2.33. The van der Waals surface area contributed by atoms with Crippen molar-refractivity contribution in [2.75, 3.05) is 44.9 Å². The molecule has 0 bridgehead atoms. The number of rotatable bonds is 8. The number of nitrogens with one attached hydrogen (secondary N) is 1. The van der Waals surface area contributed by atoms with Crippen molar-refractivity contribution in [3.63, 3.8) is 0 Å². The molecule has 0 radical (unpaired) electrons. The van der Waals surface area contributed by atoms with Gasteiger partial charge in [-0.15, -0.1) is 0 Å². The summed E-state index contributed by atoms with van der Waals surface area (Å²) in [6.45, 7) is 1.31. The molecule has 2 aromatic rings. The second kappa shape index (κ2) is 9.53. The first kappa shape index (κ1) is 22.2. The predicted octanol–water partition coefficient (Wildman–Crippen LogP) is 1.65. The number of carbonyl (C=O) groups excluding carboxylic acids is 1. The Balaban J connectivity index is 1.71. The smallest absolute Gasteiger partial charge is 0.254 e. The van der Waals surface area contributed by atoms with Gasteiger partial charge >= 0.3 is 0 Å². The maximum absolute atomic E-state index is 12.9. The Morgan fingerprint density at radius 1 is 1.27 bits per heavy atom. The van der Waals surface area contributed by atoms with E-state index in [1.165, 1.54) is 16.1 Å². The molecule has 1 amide bonds. The van der Waals surface area contributed by atoms with Gasteiger partial charge < -0.3 is 10.2 Å². The molecular weight excluding hydrogens is 402 g/mol. The van der Waals surface area contributed by atoms with E-state index in [2.05, 4.69) is 27.4 Å². The molecule has 1 aliphatic rings. The third-order valence-corrected chi connectivity index (χ3v) is 6.50. The summed E-state index contributed by atoms with van der Waals surface area (Å²) in [6.07, 6.45) is 5.10. The Labute approximate surface area is 178 Å². The summed E-state index contributed by atoms with van der Waals surface area (Å²) >= 11 is 0. The van der Waals surface area contributed by atoms with Crippen LogP contribution in [0.2, 0.25) is 0 Å². The van der Waals surface area contributed by atoms with Crippen molar-refractivity contribution in [1.82, 2.24) is 19.6 Å². The highest BCUT2D eigenvalue weighted by atomic mass is 32.2. The Kier molecular flexibility index (Phi) is 7.04. The van der Waals surface area contributed by atoms with Crippen LogP contribution in [0.25, 0.3) is 0 Å². The fourth-order valence-corrected chi connectivity index (χ4v) is 4.46. The average Bonchev–Trinajstić information content (AvgIpc) is 3.22. The first-order valence-electron chi connectivity index (χ1n) is 10.1. The zero-order chi connectivity index (χ0) is 21.7. The molecule has 0 saturated carbocycles. The molecule has 1 N–H and O–H groups in total. The molecule has 30 heavy (non-hydrogen) atoms. The average molecular weight is 432 g/mol. The third kappa shape index (κ3) is 5.54. The molecule has 1 fully saturated rings.